The molecule has 55 heavy (non-hydrogen) atoms. The molecule has 0 atom stereocenters. The summed E-state index contributed by atoms with van der Waals surface area (Å²) in [4.78, 5) is 2.37. The molecule has 0 aliphatic rings. The lowest BCUT2D eigenvalue weighted by atomic mass is 10.0. The van der Waals surface area contributed by atoms with Crippen LogP contribution in [0, 0.1) is 0 Å². The van der Waals surface area contributed by atoms with Crippen molar-refractivity contribution in [2.45, 2.75) is 71.8 Å². The molecule has 0 amide bonds. The zero-order chi connectivity index (χ0) is 39.2. The molecule has 0 aliphatic carbocycles. The molecule has 6 aromatic rings. The molecule has 4 heteroatoms. The van der Waals surface area contributed by atoms with Gasteiger partial charge in [-0.3, -0.25) is 0 Å². The van der Waals surface area contributed by atoms with Crippen LogP contribution in [0.15, 0.2) is 146 Å². The lowest BCUT2D eigenvalue weighted by molar-refractivity contribution is 0.960. The molecule has 0 saturated carbocycles. The van der Waals surface area contributed by atoms with E-state index in [2.05, 4.69) is 234 Å². The van der Waals surface area contributed by atoms with E-state index in [1.807, 2.05) is 0 Å². The Labute approximate surface area is 335 Å². The third kappa shape index (κ3) is 10.9. The number of hydrogen-bond donors (Lipinski definition) is 0. The fourth-order valence-electron chi connectivity index (χ4n) is 6.76. The van der Waals surface area contributed by atoms with Gasteiger partial charge in [-0.25, -0.2) is 0 Å². The molecule has 6 aromatic carbocycles. The Hall–Kier alpha value is -4.75. The van der Waals surface area contributed by atoms with Crippen molar-refractivity contribution in [2.75, 3.05) is 4.90 Å². The highest BCUT2D eigenvalue weighted by molar-refractivity contribution is 6.89. The number of anilines is 3. The summed E-state index contributed by atoms with van der Waals surface area (Å²) in [5, 5.41) is 4.50. The minimum Gasteiger partial charge on any atom is -0.311 e. The maximum Gasteiger partial charge on any atom is 0.0775 e. The second-order valence-corrected chi connectivity index (χ2v) is 33.3. The van der Waals surface area contributed by atoms with Crippen molar-refractivity contribution in [3.05, 3.63) is 179 Å². The fourth-order valence-corrected chi connectivity index (χ4v) is 10.3. The first kappa shape index (κ1) is 39.9. The summed E-state index contributed by atoms with van der Waals surface area (Å²) in [7, 11) is -3.89. The summed E-state index contributed by atoms with van der Waals surface area (Å²) >= 11 is 0. The Morgan fingerprint density at radius 2 is 0.527 bits per heavy atom. The third-order valence-electron chi connectivity index (χ3n) is 10.5. The molecule has 0 aliphatic heterocycles. The highest BCUT2D eigenvalue weighted by Gasteiger charge is 2.18. The van der Waals surface area contributed by atoms with Crippen LogP contribution >= 0.6 is 0 Å². The zero-order valence-electron chi connectivity index (χ0n) is 34.5. The maximum absolute atomic E-state index is 2.41. The highest BCUT2D eigenvalue weighted by atomic mass is 28.3. The van der Waals surface area contributed by atoms with Crippen molar-refractivity contribution in [3.8, 4) is 0 Å². The van der Waals surface area contributed by atoms with Gasteiger partial charge >= 0.3 is 0 Å². The van der Waals surface area contributed by atoms with Gasteiger partial charge in [0.05, 0.1) is 24.2 Å². The lowest BCUT2D eigenvalue weighted by Crippen LogP contribution is -2.37. The highest BCUT2D eigenvalue weighted by Crippen LogP contribution is 2.35. The van der Waals surface area contributed by atoms with E-state index in [1.165, 1.54) is 48.9 Å². The molecule has 6 rings (SSSR count). The van der Waals surface area contributed by atoms with Gasteiger partial charge in [-0.1, -0.05) is 208 Å². The number of hydrogen-bond acceptors (Lipinski definition) is 1. The van der Waals surface area contributed by atoms with E-state index in [0.29, 0.717) is 0 Å². The van der Waals surface area contributed by atoms with Gasteiger partial charge in [0.15, 0.2) is 0 Å². The molecule has 280 valence electrons. The summed E-state index contributed by atoms with van der Waals surface area (Å²) in [5.74, 6) is 0. The molecule has 0 saturated heterocycles. The Kier molecular flexibility index (Phi) is 12.3. The topological polar surface area (TPSA) is 3.24 Å². The van der Waals surface area contributed by atoms with Crippen molar-refractivity contribution in [2.24, 2.45) is 0 Å². The van der Waals surface area contributed by atoms with Crippen LogP contribution in [0.3, 0.4) is 0 Å². The average Bonchev–Trinajstić information content (AvgIpc) is 3.16. The van der Waals surface area contributed by atoms with Crippen LogP contribution < -0.4 is 20.5 Å². The molecule has 0 N–H and O–H groups in total. The van der Waals surface area contributed by atoms with E-state index in [9.17, 15) is 0 Å². The Balaban J connectivity index is 1.22. The molecule has 0 aromatic heterocycles. The first-order chi connectivity index (χ1) is 26.1. The van der Waals surface area contributed by atoms with E-state index >= 15 is 0 Å². The van der Waals surface area contributed by atoms with Crippen molar-refractivity contribution < 1.29 is 0 Å². The van der Waals surface area contributed by atoms with E-state index in [0.717, 1.165) is 29.9 Å². The fraction of sp³-hybridized carbons (Fsp3) is 0.216. The first-order valence-electron chi connectivity index (χ1n) is 19.9. The van der Waals surface area contributed by atoms with E-state index in [1.54, 1.807) is 0 Å². The summed E-state index contributed by atoms with van der Waals surface area (Å²) in [6, 6.07) is 54.6. The van der Waals surface area contributed by atoms with Crippen LogP contribution in [-0.2, 0) is 12.8 Å². The predicted octanol–water partition coefficient (Wildman–Crippen LogP) is 12.9. The van der Waals surface area contributed by atoms with Crippen LogP contribution in [0.5, 0.6) is 0 Å². The van der Waals surface area contributed by atoms with Crippen molar-refractivity contribution in [1.82, 2.24) is 0 Å². The Morgan fingerprint density at radius 3 is 0.800 bits per heavy atom. The molecule has 0 radical (unpaired) electrons. The zero-order valence-corrected chi connectivity index (χ0v) is 37.5. The largest absolute Gasteiger partial charge is 0.311 e. The van der Waals surface area contributed by atoms with E-state index in [-0.39, 0.29) is 0 Å². The van der Waals surface area contributed by atoms with Gasteiger partial charge in [-0.15, -0.1) is 0 Å². The van der Waals surface area contributed by atoms with Gasteiger partial charge in [-0.2, -0.15) is 0 Å². The van der Waals surface area contributed by atoms with Crippen LogP contribution in [-0.4, -0.2) is 24.2 Å². The lowest BCUT2D eigenvalue weighted by Gasteiger charge is -2.26. The molecular weight excluding hydrogens is 711 g/mol. The monoisotopic (exact) mass is 769 g/mol. The van der Waals surface area contributed by atoms with E-state index in [4.69, 9.17) is 0 Å². The average molecular weight is 770 g/mol. The number of aryl methyl sites for hydroxylation is 2. The summed E-state index contributed by atoms with van der Waals surface area (Å²) in [5.41, 5.74) is 11.0. The second kappa shape index (κ2) is 16.9. The molecule has 0 unspecified atom stereocenters. The summed E-state index contributed by atoms with van der Waals surface area (Å²) < 4.78 is 0. The number of benzene rings is 6. The second-order valence-electron chi connectivity index (χ2n) is 18.0. The molecule has 0 spiro atoms. The molecule has 0 heterocycles. The van der Waals surface area contributed by atoms with Gasteiger partial charge in [0.25, 0.3) is 0 Å². The maximum atomic E-state index is 2.41. The summed E-state index contributed by atoms with van der Waals surface area (Å²) in [6.45, 7) is 21.6. The Bertz CT molecular complexity index is 2080. The van der Waals surface area contributed by atoms with Gasteiger partial charge in [0.2, 0.25) is 0 Å². The standard InChI is InChI=1S/C51H59NSi3/c1-53(2,3)49-34-22-43(23-35-49)13-10-40-16-28-46(29-17-40)52(47-30-18-41(19-31-47)11-14-44-24-36-50(37-25-44)54(4,5)6)48-32-20-42(21-33-48)12-15-45-26-38-51(39-27-45)55(7,8)9/h10-11,13-14,16-39H,12,15H2,1-9H3/b13-10+,14-11+. The van der Waals surface area contributed by atoms with E-state index < -0.39 is 24.2 Å². The summed E-state index contributed by atoms with van der Waals surface area (Å²) in [6.07, 6.45) is 10.9. The molecule has 1 nitrogen and oxygen atoms in total. The van der Waals surface area contributed by atoms with Crippen LogP contribution in [0.2, 0.25) is 58.9 Å². The van der Waals surface area contributed by atoms with Gasteiger partial charge in [0.1, 0.15) is 0 Å². The van der Waals surface area contributed by atoms with Crippen LogP contribution in [0.1, 0.15) is 33.4 Å². The van der Waals surface area contributed by atoms with Gasteiger partial charge < -0.3 is 4.90 Å². The first-order valence-corrected chi connectivity index (χ1v) is 30.4. The molecular formula is C51H59NSi3. The quantitative estimate of drug-likeness (QED) is 0.0835. The smallest absolute Gasteiger partial charge is 0.0775 e. The predicted molar refractivity (Wildman–Crippen MR) is 255 cm³/mol. The van der Waals surface area contributed by atoms with Crippen LogP contribution in [0.4, 0.5) is 17.1 Å². The Morgan fingerprint density at radius 1 is 0.309 bits per heavy atom. The van der Waals surface area contributed by atoms with Gasteiger partial charge in [-0.05, 0) is 82.6 Å². The van der Waals surface area contributed by atoms with Crippen LogP contribution in [0.25, 0.3) is 24.3 Å². The minimum atomic E-state index is -1.30. The molecule has 0 fully saturated rings. The number of nitrogens with zero attached hydrogens (tertiary/aromatic N) is 1. The number of rotatable bonds is 13. The SMILES string of the molecule is C[Si](C)(C)c1ccc(/C=C/c2ccc(N(c3ccc(/C=C/c4ccc([Si](C)(C)C)cc4)cc3)c3ccc(CCc4ccc([Si](C)(C)C)cc4)cc3)cc2)cc1. The van der Waals surface area contributed by atoms with Crippen molar-refractivity contribution in [1.29, 1.82) is 0 Å². The van der Waals surface area contributed by atoms with Crippen molar-refractivity contribution in [3.63, 3.8) is 0 Å². The minimum absolute atomic E-state index is 1.02. The van der Waals surface area contributed by atoms with Crippen molar-refractivity contribution >= 4 is 81.1 Å². The van der Waals surface area contributed by atoms with Gasteiger partial charge in [0, 0.05) is 17.1 Å². The third-order valence-corrected chi connectivity index (χ3v) is 16.7. The normalized spacial score (nSPS) is 12.5. The molecule has 0 bridgehead atoms.